The molecular weight excluding hydrogens is 532 g/mol. The van der Waals surface area contributed by atoms with Crippen molar-refractivity contribution in [2.45, 2.75) is 45.4 Å². The van der Waals surface area contributed by atoms with Crippen molar-refractivity contribution in [3.63, 3.8) is 0 Å². The number of nitriles is 1. The lowest BCUT2D eigenvalue weighted by Gasteiger charge is -2.22. The Morgan fingerprint density at radius 3 is 2.52 bits per heavy atom. The standard InChI is InChI=1S/C24H32FN7.HI/c1-2-28-24(31-15-17-6-3-4-7-18(17)16-31)29-13-5-8-22-21(14-26)23(27)32(30-22)20-11-9-19(25)10-12-20;/h9-12,17-18H,2-8,13,15-16,27H2,1H3,(H,28,29);1H. The number of anilines is 1. The monoisotopic (exact) mass is 565 g/mol. The van der Waals surface area contributed by atoms with E-state index < -0.39 is 0 Å². The number of rotatable bonds is 6. The SMILES string of the molecule is CCNC(=NCCCc1nn(-c2ccc(F)cc2)c(N)c1C#N)N1CC2CCCCC2C1.I. The summed E-state index contributed by atoms with van der Waals surface area (Å²) in [6.07, 6.45) is 6.78. The van der Waals surface area contributed by atoms with Crippen molar-refractivity contribution in [3.8, 4) is 11.8 Å². The summed E-state index contributed by atoms with van der Waals surface area (Å²) in [5, 5.41) is 17.6. The first-order chi connectivity index (χ1) is 15.6. The van der Waals surface area contributed by atoms with Crippen molar-refractivity contribution in [2.24, 2.45) is 16.8 Å². The van der Waals surface area contributed by atoms with E-state index in [2.05, 4.69) is 28.3 Å². The number of hydrogen-bond donors (Lipinski definition) is 2. The lowest BCUT2D eigenvalue weighted by atomic mass is 9.82. The van der Waals surface area contributed by atoms with E-state index in [0.717, 1.165) is 43.9 Å². The molecule has 33 heavy (non-hydrogen) atoms. The molecule has 1 aliphatic heterocycles. The highest BCUT2D eigenvalue weighted by Gasteiger charge is 2.35. The largest absolute Gasteiger partial charge is 0.382 e. The van der Waals surface area contributed by atoms with Gasteiger partial charge >= 0.3 is 0 Å². The zero-order valence-corrected chi connectivity index (χ0v) is 21.5. The number of fused-ring (bicyclic) bond motifs is 1. The third kappa shape index (κ3) is 5.78. The zero-order chi connectivity index (χ0) is 22.5. The van der Waals surface area contributed by atoms with E-state index >= 15 is 0 Å². The number of nitrogens with two attached hydrogens (primary N) is 1. The quantitative estimate of drug-likeness (QED) is 0.238. The zero-order valence-electron chi connectivity index (χ0n) is 19.1. The second-order valence-corrected chi connectivity index (χ2v) is 8.76. The summed E-state index contributed by atoms with van der Waals surface area (Å²) in [5.41, 5.74) is 7.83. The maximum absolute atomic E-state index is 13.2. The van der Waals surface area contributed by atoms with E-state index in [1.807, 2.05) is 0 Å². The average molecular weight is 565 g/mol. The third-order valence-corrected chi connectivity index (χ3v) is 6.62. The number of aryl methyl sites for hydroxylation is 1. The molecule has 1 saturated heterocycles. The van der Waals surface area contributed by atoms with E-state index in [1.54, 1.807) is 12.1 Å². The molecule has 178 valence electrons. The highest BCUT2D eigenvalue weighted by atomic mass is 127. The number of aromatic nitrogens is 2. The number of hydrogen-bond acceptors (Lipinski definition) is 4. The topological polar surface area (TPSA) is 95.3 Å². The lowest BCUT2D eigenvalue weighted by Crippen LogP contribution is -2.40. The number of halogens is 2. The Kier molecular flexibility index (Phi) is 8.95. The molecule has 2 atom stereocenters. The molecule has 1 aliphatic carbocycles. The number of nitrogens with one attached hydrogen (secondary N) is 1. The molecule has 3 N–H and O–H groups in total. The summed E-state index contributed by atoms with van der Waals surface area (Å²) < 4.78 is 14.7. The van der Waals surface area contributed by atoms with Crippen molar-refractivity contribution in [1.29, 1.82) is 5.26 Å². The van der Waals surface area contributed by atoms with E-state index in [9.17, 15) is 9.65 Å². The lowest BCUT2D eigenvalue weighted by molar-refractivity contribution is 0.299. The van der Waals surface area contributed by atoms with Crippen LogP contribution in [0.15, 0.2) is 29.3 Å². The maximum Gasteiger partial charge on any atom is 0.193 e. The minimum absolute atomic E-state index is 0. The van der Waals surface area contributed by atoms with Crippen molar-refractivity contribution >= 4 is 35.8 Å². The molecule has 1 aromatic carbocycles. The normalized spacial score (nSPS) is 20.2. The first-order valence-electron chi connectivity index (χ1n) is 11.7. The van der Waals surface area contributed by atoms with Gasteiger partial charge in [-0.25, -0.2) is 9.07 Å². The second kappa shape index (κ2) is 11.7. The number of aliphatic imine (C=N–C) groups is 1. The van der Waals surface area contributed by atoms with Crippen LogP contribution in [0.2, 0.25) is 0 Å². The molecule has 0 bridgehead atoms. The van der Waals surface area contributed by atoms with E-state index in [4.69, 9.17) is 10.7 Å². The molecular formula is C24H33FIN7. The Morgan fingerprint density at radius 1 is 1.24 bits per heavy atom. The van der Waals surface area contributed by atoms with Crippen LogP contribution in [0.3, 0.4) is 0 Å². The Balaban J connectivity index is 0.00000306. The molecule has 0 radical (unpaired) electrons. The van der Waals surface area contributed by atoms with Gasteiger partial charge in [0.1, 0.15) is 23.3 Å². The summed E-state index contributed by atoms with van der Waals surface area (Å²) in [4.78, 5) is 7.28. The number of nitrogen functional groups attached to an aromatic ring is 1. The molecule has 7 nitrogen and oxygen atoms in total. The predicted octanol–water partition coefficient (Wildman–Crippen LogP) is 4.10. The Labute approximate surface area is 212 Å². The summed E-state index contributed by atoms with van der Waals surface area (Å²) in [7, 11) is 0. The molecule has 9 heteroatoms. The van der Waals surface area contributed by atoms with Crippen LogP contribution >= 0.6 is 24.0 Å². The first kappa shape index (κ1) is 25.3. The van der Waals surface area contributed by atoms with Gasteiger partial charge in [-0.2, -0.15) is 10.4 Å². The number of guanidine groups is 1. The van der Waals surface area contributed by atoms with Crippen LogP contribution in [0, 0.1) is 29.0 Å². The van der Waals surface area contributed by atoms with Gasteiger partial charge in [-0.3, -0.25) is 4.99 Å². The van der Waals surface area contributed by atoms with Crippen molar-refractivity contribution < 1.29 is 4.39 Å². The fraction of sp³-hybridized carbons (Fsp3) is 0.542. The number of nitrogens with zero attached hydrogens (tertiary/aromatic N) is 5. The van der Waals surface area contributed by atoms with Gasteiger partial charge in [0.05, 0.1) is 11.4 Å². The number of benzene rings is 1. The fourth-order valence-electron chi connectivity index (χ4n) is 4.99. The highest BCUT2D eigenvalue weighted by Crippen LogP contribution is 2.36. The fourth-order valence-corrected chi connectivity index (χ4v) is 4.99. The van der Waals surface area contributed by atoms with Gasteiger partial charge in [-0.05, 0) is 68.7 Å². The van der Waals surface area contributed by atoms with Gasteiger partial charge in [0.25, 0.3) is 0 Å². The molecule has 1 saturated carbocycles. The van der Waals surface area contributed by atoms with Gasteiger partial charge in [-0.15, -0.1) is 24.0 Å². The summed E-state index contributed by atoms with van der Waals surface area (Å²) >= 11 is 0. The molecule has 2 aliphatic rings. The average Bonchev–Trinajstić information content (AvgIpc) is 3.37. The summed E-state index contributed by atoms with van der Waals surface area (Å²) in [6.45, 7) is 5.81. The number of likely N-dealkylation sites (tertiary alicyclic amines) is 1. The predicted molar refractivity (Wildman–Crippen MR) is 139 cm³/mol. The van der Waals surface area contributed by atoms with Gasteiger partial charge in [0.15, 0.2) is 5.96 Å². The summed E-state index contributed by atoms with van der Waals surface area (Å²) in [6, 6.07) is 8.08. The van der Waals surface area contributed by atoms with Crippen LogP contribution in [0.5, 0.6) is 0 Å². The minimum Gasteiger partial charge on any atom is -0.382 e. The van der Waals surface area contributed by atoms with E-state index in [1.165, 1.54) is 42.5 Å². The van der Waals surface area contributed by atoms with Crippen molar-refractivity contribution in [3.05, 3.63) is 41.3 Å². The Morgan fingerprint density at radius 2 is 1.91 bits per heavy atom. The van der Waals surface area contributed by atoms with Crippen LogP contribution < -0.4 is 11.1 Å². The van der Waals surface area contributed by atoms with E-state index in [-0.39, 0.29) is 35.6 Å². The van der Waals surface area contributed by atoms with Crippen molar-refractivity contribution in [1.82, 2.24) is 20.0 Å². The van der Waals surface area contributed by atoms with Crippen LogP contribution in [-0.2, 0) is 6.42 Å². The molecule has 1 aromatic heterocycles. The van der Waals surface area contributed by atoms with E-state index in [0.29, 0.717) is 29.9 Å². The van der Waals surface area contributed by atoms with Gasteiger partial charge in [0.2, 0.25) is 0 Å². The third-order valence-electron chi connectivity index (χ3n) is 6.62. The molecule has 2 aromatic rings. The molecule has 2 fully saturated rings. The van der Waals surface area contributed by atoms with Crippen LogP contribution in [0.25, 0.3) is 5.69 Å². The minimum atomic E-state index is -0.327. The molecule has 2 unspecified atom stereocenters. The van der Waals surface area contributed by atoms with Gasteiger partial charge in [-0.1, -0.05) is 12.8 Å². The molecule has 0 spiro atoms. The van der Waals surface area contributed by atoms with Crippen molar-refractivity contribution in [2.75, 3.05) is 31.9 Å². The summed E-state index contributed by atoms with van der Waals surface area (Å²) in [5.74, 6) is 2.57. The molecule has 4 rings (SSSR count). The first-order valence-corrected chi connectivity index (χ1v) is 11.7. The Hall–Kier alpha value is -2.35. The van der Waals surface area contributed by atoms with Crippen LogP contribution in [0.4, 0.5) is 10.2 Å². The highest BCUT2D eigenvalue weighted by molar-refractivity contribution is 14.0. The smallest absolute Gasteiger partial charge is 0.193 e. The van der Waals surface area contributed by atoms with Crippen LogP contribution in [0.1, 0.15) is 50.3 Å². The Bertz CT molecular complexity index is 981. The maximum atomic E-state index is 13.2. The molecule has 0 amide bonds. The van der Waals surface area contributed by atoms with Gasteiger partial charge in [0, 0.05) is 26.2 Å². The van der Waals surface area contributed by atoms with Gasteiger partial charge < -0.3 is 16.0 Å². The van der Waals surface area contributed by atoms with Crippen LogP contribution in [-0.4, -0.2) is 46.8 Å². The molecule has 2 heterocycles. The second-order valence-electron chi connectivity index (χ2n) is 8.76.